The Kier molecular flexibility index (Phi) is 7.36. The van der Waals surface area contributed by atoms with Gasteiger partial charge in [-0.2, -0.15) is 0 Å². The first-order chi connectivity index (χ1) is 16.0. The Bertz CT molecular complexity index is 1060. The van der Waals surface area contributed by atoms with Gasteiger partial charge in [-0.15, -0.1) is 0 Å². The lowest BCUT2D eigenvalue weighted by Gasteiger charge is -2.38. The molecule has 172 valence electrons. The maximum atomic E-state index is 12.7. The number of pyridine rings is 1. The third-order valence-corrected chi connectivity index (χ3v) is 5.98. The summed E-state index contributed by atoms with van der Waals surface area (Å²) >= 11 is 5.94. The number of methoxy groups -OCH3 is 1. The van der Waals surface area contributed by atoms with E-state index in [-0.39, 0.29) is 18.0 Å². The molecule has 3 heterocycles. The third kappa shape index (κ3) is 6.18. The summed E-state index contributed by atoms with van der Waals surface area (Å²) in [6.07, 6.45) is 6.24. The molecule has 0 radical (unpaired) electrons. The molecule has 1 aromatic carbocycles. The average Bonchev–Trinajstić information content (AvgIpc) is 2.83. The van der Waals surface area contributed by atoms with Crippen molar-refractivity contribution in [3.63, 3.8) is 0 Å². The van der Waals surface area contributed by atoms with Gasteiger partial charge in [-0.05, 0) is 49.7 Å². The summed E-state index contributed by atoms with van der Waals surface area (Å²) in [7, 11) is 1.62. The summed E-state index contributed by atoms with van der Waals surface area (Å²) in [4.78, 5) is 28.3. The average molecular weight is 467 g/mol. The van der Waals surface area contributed by atoms with Crippen LogP contribution in [0.3, 0.4) is 0 Å². The fourth-order valence-electron chi connectivity index (χ4n) is 4.00. The van der Waals surface area contributed by atoms with Crippen molar-refractivity contribution < 1.29 is 9.53 Å². The number of anilines is 1. The van der Waals surface area contributed by atoms with Crippen LogP contribution in [0, 0.1) is 6.92 Å². The van der Waals surface area contributed by atoms with Gasteiger partial charge in [0.2, 0.25) is 0 Å². The smallest absolute Gasteiger partial charge is 0.319 e. The van der Waals surface area contributed by atoms with Crippen molar-refractivity contribution >= 4 is 23.3 Å². The van der Waals surface area contributed by atoms with Crippen LogP contribution >= 0.6 is 11.6 Å². The van der Waals surface area contributed by atoms with E-state index >= 15 is 0 Å². The molecule has 2 amide bonds. The molecule has 0 aliphatic carbocycles. The number of rotatable bonds is 6. The van der Waals surface area contributed by atoms with Gasteiger partial charge >= 0.3 is 6.03 Å². The third-order valence-electron chi connectivity index (χ3n) is 5.73. The van der Waals surface area contributed by atoms with E-state index in [1.54, 1.807) is 37.6 Å². The molecule has 8 nitrogen and oxygen atoms in total. The van der Waals surface area contributed by atoms with Crippen molar-refractivity contribution in [2.75, 3.05) is 25.5 Å². The number of hydrogen-bond acceptors (Lipinski definition) is 6. The van der Waals surface area contributed by atoms with Gasteiger partial charge < -0.3 is 15.4 Å². The van der Waals surface area contributed by atoms with E-state index in [9.17, 15) is 4.79 Å². The van der Waals surface area contributed by atoms with Gasteiger partial charge in [-0.3, -0.25) is 9.88 Å². The molecule has 1 aliphatic heterocycles. The number of aryl methyl sites for hydroxylation is 1. The predicted molar refractivity (Wildman–Crippen MR) is 128 cm³/mol. The number of benzene rings is 1. The second-order valence-corrected chi connectivity index (χ2v) is 8.54. The summed E-state index contributed by atoms with van der Waals surface area (Å²) in [6, 6.07) is 10.6. The van der Waals surface area contributed by atoms with Crippen LogP contribution in [0.15, 0.2) is 55.0 Å². The molecule has 1 fully saturated rings. The standard InChI is InChI=1S/C24H27ClN6O2/c1-16-26-11-17(12-27-16)14-31-10-9-23(21(15-31)22-8-7-20(33-2)13-28-22)30-24(32)29-19-5-3-18(25)4-6-19/h3-8,11-13,21,23H,9-10,14-15H2,1-2H3,(H2,29,30,32)/t21-,23+/m0/s1. The fraction of sp³-hybridized carbons (Fsp3) is 0.333. The second kappa shape index (κ2) is 10.6. The molecule has 0 bridgehead atoms. The zero-order valence-corrected chi connectivity index (χ0v) is 19.4. The van der Waals surface area contributed by atoms with E-state index in [1.165, 1.54) is 0 Å². The first-order valence-corrected chi connectivity index (χ1v) is 11.2. The van der Waals surface area contributed by atoms with Gasteiger partial charge in [0.15, 0.2) is 0 Å². The number of carbonyl (C=O) groups is 1. The number of nitrogens with one attached hydrogen (secondary N) is 2. The fourth-order valence-corrected chi connectivity index (χ4v) is 4.12. The zero-order chi connectivity index (χ0) is 23.2. The van der Waals surface area contributed by atoms with E-state index in [2.05, 4.69) is 30.5 Å². The molecule has 9 heteroatoms. The lowest BCUT2D eigenvalue weighted by Crippen LogP contribution is -2.50. The molecule has 0 unspecified atom stereocenters. The van der Waals surface area contributed by atoms with Crippen molar-refractivity contribution in [1.29, 1.82) is 0 Å². The van der Waals surface area contributed by atoms with Gasteiger partial charge in [0.25, 0.3) is 0 Å². The number of carbonyl (C=O) groups excluding carboxylic acids is 1. The maximum Gasteiger partial charge on any atom is 0.319 e. The molecule has 2 atom stereocenters. The molecule has 0 saturated carbocycles. The first kappa shape index (κ1) is 22.9. The summed E-state index contributed by atoms with van der Waals surface area (Å²) in [5, 5.41) is 6.65. The topological polar surface area (TPSA) is 92.3 Å². The number of piperidine rings is 1. The molecular weight excluding hydrogens is 440 g/mol. The van der Waals surface area contributed by atoms with Crippen LogP contribution in [0.5, 0.6) is 5.75 Å². The van der Waals surface area contributed by atoms with E-state index in [0.29, 0.717) is 16.5 Å². The van der Waals surface area contributed by atoms with Crippen molar-refractivity contribution in [2.45, 2.75) is 31.8 Å². The second-order valence-electron chi connectivity index (χ2n) is 8.10. The molecule has 33 heavy (non-hydrogen) atoms. The lowest BCUT2D eigenvalue weighted by atomic mass is 9.88. The Balaban J connectivity index is 1.47. The van der Waals surface area contributed by atoms with Crippen LogP contribution in [0.4, 0.5) is 10.5 Å². The molecule has 2 N–H and O–H groups in total. The Morgan fingerprint density at radius 1 is 1.12 bits per heavy atom. The number of halogens is 1. The van der Waals surface area contributed by atoms with Crippen molar-refractivity contribution in [3.8, 4) is 5.75 Å². The molecule has 0 spiro atoms. The summed E-state index contributed by atoms with van der Waals surface area (Å²) in [5.41, 5.74) is 2.67. The number of nitrogens with zero attached hydrogens (tertiary/aromatic N) is 4. The van der Waals surface area contributed by atoms with Gasteiger partial charge in [0.1, 0.15) is 11.6 Å². The number of amides is 2. The Hall–Kier alpha value is -3.23. The Labute approximate surface area is 198 Å². The molecule has 1 saturated heterocycles. The van der Waals surface area contributed by atoms with Crippen LogP contribution in [0.2, 0.25) is 5.02 Å². The number of hydrogen-bond donors (Lipinski definition) is 2. The summed E-state index contributed by atoms with van der Waals surface area (Å²) < 4.78 is 5.26. The van der Waals surface area contributed by atoms with Gasteiger partial charge in [-0.25, -0.2) is 14.8 Å². The Morgan fingerprint density at radius 3 is 2.55 bits per heavy atom. The highest BCUT2D eigenvalue weighted by Gasteiger charge is 2.32. The number of urea groups is 1. The molecule has 1 aliphatic rings. The van der Waals surface area contributed by atoms with Crippen LogP contribution in [-0.2, 0) is 6.54 Å². The van der Waals surface area contributed by atoms with Crippen molar-refractivity contribution in [3.05, 3.63) is 77.1 Å². The SMILES string of the molecule is COc1ccc([C@@H]2CN(Cc3cnc(C)nc3)CC[C@H]2NC(=O)Nc2ccc(Cl)cc2)nc1. The molecule has 2 aromatic heterocycles. The molecule has 4 rings (SSSR count). The highest BCUT2D eigenvalue weighted by molar-refractivity contribution is 6.30. The minimum atomic E-state index is -0.249. The van der Waals surface area contributed by atoms with Crippen molar-refractivity contribution in [2.24, 2.45) is 0 Å². The van der Waals surface area contributed by atoms with Crippen LogP contribution in [0.1, 0.15) is 29.4 Å². The predicted octanol–water partition coefficient (Wildman–Crippen LogP) is 4.02. The van der Waals surface area contributed by atoms with E-state index in [4.69, 9.17) is 16.3 Å². The summed E-state index contributed by atoms with van der Waals surface area (Å²) in [5.74, 6) is 1.48. The van der Waals surface area contributed by atoms with E-state index in [1.807, 2.05) is 31.5 Å². The lowest BCUT2D eigenvalue weighted by molar-refractivity contribution is 0.166. The van der Waals surface area contributed by atoms with Gasteiger partial charge in [-0.1, -0.05) is 11.6 Å². The van der Waals surface area contributed by atoms with Crippen LogP contribution in [-0.4, -0.2) is 52.1 Å². The monoisotopic (exact) mass is 466 g/mol. The number of ether oxygens (including phenoxy) is 1. The molecule has 3 aromatic rings. The minimum Gasteiger partial charge on any atom is -0.495 e. The highest BCUT2D eigenvalue weighted by Crippen LogP contribution is 2.28. The highest BCUT2D eigenvalue weighted by atomic mass is 35.5. The van der Waals surface area contributed by atoms with Crippen LogP contribution in [0.25, 0.3) is 0 Å². The van der Waals surface area contributed by atoms with Gasteiger partial charge in [0, 0.05) is 66.0 Å². The minimum absolute atomic E-state index is 0.0204. The molecular formula is C24H27ClN6O2. The number of aromatic nitrogens is 3. The van der Waals surface area contributed by atoms with Gasteiger partial charge in [0.05, 0.1) is 13.3 Å². The Morgan fingerprint density at radius 2 is 1.88 bits per heavy atom. The van der Waals surface area contributed by atoms with E-state index in [0.717, 1.165) is 43.1 Å². The quantitative estimate of drug-likeness (QED) is 0.570. The first-order valence-electron chi connectivity index (χ1n) is 10.8. The van der Waals surface area contributed by atoms with E-state index < -0.39 is 0 Å². The number of likely N-dealkylation sites (tertiary alicyclic amines) is 1. The van der Waals surface area contributed by atoms with Crippen molar-refractivity contribution in [1.82, 2.24) is 25.2 Å². The van der Waals surface area contributed by atoms with Crippen LogP contribution < -0.4 is 15.4 Å². The summed E-state index contributed by atoms with van der Waals surface area (Å²) in [6.45, 7) is 4.21. The normalized spacial score (nSPS) is 18.5. The zero-order valence-electron chi connectivity index (χ0n) is 18.7. The maximum absolute atomic E-state index is 12.7. The largest absolute Gasteiger partial charge is 0.495 e.